The predicted octanol–water partition coefficient (Wildman–Crippen LogP) is 3.54. The van der Waals surface area contributed by atoms with Crippen LogP contribution in [0, 0.1) is 6.92 Å². The number of benzene rings is 2. The molecular weight excluding hydrogens is 382 g/mol. The van der Waals surface area contributed by atoms with E-state index in [1.807, 2.05) is 56.3 Å². The average Bonchev–Trinajstić information content (AvgIpc) is 3.10. The molecule has 0 amide bonds. The van der Waals surface area contributed by atoms with Crippen molar-refractivity contribution >= 4 is 38.4 Å². The molecule has 0 fully saturated rings. The van der Waals surface area contributed by atoms with Gasteiger partial charge in [0.2, 0.25) is 0 Å². The van der Waals surface area contributed by atoms with Gasteiger partial charge < -0.3 is 9.64 Å². The van der Waals surface area contributed by atoms with Crippen molar-refractivity contribution < 1.29 is 14.4 Å². The number of rotatable bonds is 6. The minimum absolute atomic E-state index is 0.300. The monoisotopic (exact) mass is 406 g/mol. The maximum Gasteiger partial charge on any atom is 0.340 e. The van der Waals surface area contributed by atoms with Crippen LogP contribution in [0.3, 0.4) is 0 Å². The number of esters is 1. The molecule has 0 saturated heterocycles. The van der Waals surface area contributed by atoms with E-state index in [4.69, 9.17) is 14.7 Å². The minimum Gasteiger partial charge on any atom is -0.462 e. The molecule has 0 radical (unpaired) electrons. The summed E-state index contributed by atoms with van der Waals surface area (Å²) in [6, 6.07) is 16.1. The van der Waals surface area contributed by atoms with Crippen LogP contribution in [0.4, 0.5) is 0 Å². The van der Waals surface area contributed by atoms with E-state index in [-0.39, 0.29) is 5.97 Å². The van der Waals surface area contributed by atoms with E-state index in [1.165, 1.54) is 9.60 Å². The van der Waals surface area contributed by atoms with E-state index in [9.17, 15) is 4.79 Å². The number of nitrogens with zero attached hydrogens (tertiary/aromatic N) is 2. The quantitative estimate of drug-likeness (QED) is 0.498. The van der Waals surface area contributed by atoms with Crippen molar-refractivity contribution in [2.75, 3.05) is 13.7 Å². The molecule has 0 aliphatic rings. The standard InChI is InChI=1S/C23H23N3O2S/c1-4-28-23(27)22-15(2)16-9-5-6-10-17(16)24-19(22)13-26(3)14-21-25-18-11-7-8-12-20(18)29-21/h5-12H,4,13-14H2,1-3H3/p+1. The molecule has 148 valence electrons. The zero-order chi connectivity index (χ0) is 20.4. The lowest BCUT2D eigenvalue weighted by Gasteiger charge is -2.17. The Morgan fingerprint density at radius 2 is 1.76 bits per heavy atom. The Hall–Kier alpha value is -2.83. The third-order valence-corrected chi connectivity index (χ3v) is 6.00. The van der Waals surface area contributed by atoms with Crippen LogP contribution in [-0.2, 0) is 17.8 Å². The molecule has 0 aliphatic heterocycles. The Balaban J connectivity index is 1.66. The van der Waals surface area contributed by atoms with E-state index in [1.54, 1.807) is 11.3 Å². The van der Waals surface area contributed by atoms with E-state index in [0.717, 1.165) is 39.2 Å². The van der Waals surface area contributed by atoms with Crippen molar-refractivity contribution in [1.29, 1.82) is 0 Å². The minimum atomic E-state index is -0.300. The molecule has 6 heteroatoms. The van der Waals surface area contributed by atoms with Crippen LogP contribution in [0.1, 0.15) is 33.5 Å². The summed E-state index contributed by atoms with van der Waals surface area (Å²) in [6.07, 6.45) is 0. The number of pyridine rings is 1. The third kappa shape index (κ3) is 3.99. The predicted molar refractivity (Wildman–Crippen MR) is 116 cm³/mol. The topological polar surface area (TPSA) is 56.5 Å². The van der Waals surface area contributed by atoms with Crippen LogP contribution in [-0.4, -0.2) is 29.6 Å². The molecule has 2 heterocycles. The lowest BCUT2D eigenvalue weighted by atomic mass is 10.0. The van der Waals surface area contributed by atoms with Gasteiger partial charge in [-0.2, -0.15) is 0 Å². The van der Waals surface area contributed by atoms with Crippen molar-refractivity contribution in [2.24, 2.45) is 0 Å². The average molecular weight is 407 g/mol. The largest absolute Gasteiger partial charge is 0.462 e. The summed E-state index contributed by atoms with van der Waals surface area (Å²) in [5.74, 6) is -0.300. The fourth-order valence-corrected chi connectivity index (χ4v) is 4.73. The molecule has 0 aliphatic carbocycles. The van der Waals surface area contributed by atoms with Crippen LogP contribution >= 0.6 is 11.3 Å². The van der Waals surface area contributed by atoms with Crippen LogP contribution in [0.5, 0.6) is 0 Å². The van der Waals surface area contributed by atoms with Gasteiger partial charge >= 0.3 is 5.97 Å². The number of ether oxygens (including phenoxy) is 1. The van der Waals surface area contributed by atoms with Gasteiger partial charge in [-0.15, -0.1) is 11.3 Å². The molecule has 0 bridgehead atoms. The summed E-state index contributed by atoms with van der Waals surface area (Å²) >= 11 is 1.72. The molecule has 0 saturated carbocycles. The highest BCUT2D eigenvalue weighted by atomic mass is 32.1. The number of hydrogen-bond acceptors (Lipinski definition) is 5. The summed E-state index contributed by atoms with van der Waals surface area (Å²) in [5, 5.41) is 2.07. The molecule has 0 spiro atoms. The molecule has 29 heavy (non-hydrogen) atoms. The van der Waals surface area contributed by atoms with Gasteiger partial charge in [-0.1, -0.05) is 30.3 Å². The molecular formula is C23H24N3O2S+. The Labute approximate surface area is 174 Å². The smallest absolute Gasteiger partial charge is 0.340 e. The number of quaternary nitrogens is 1. The second kappa shape index (κ2) is 8.27. The van der Waals surface area contributed by atoms with Gasteiger partial charge in [0.15, 0.2) is 0 Å². The molecule has 4 rings (SSSR count). The van der Waals surface area contributed by atoms with Crippen LogP contribution in [0.2, 0.25) is 0 Å². The summed E-state index contributed by atoms with van der Waals surface area (Å²) in [6.45, 7) is 5.54. The first-order valence-corrected chi connectivity index (χ1v) is 10.6. The molecule has 2 aromatic heterocycles. The number of aromatic nitrogens is 2. The van der Waals surface area contributed by atoms with E-state index in [0.29, 0.717) is 18.7 Å². The number of thiazole rings is 1. The van der Waals surface area contributed by atoms with Crippen molar-refractivity contribution in [1.82, 2.24) is 9.97 Å². The van der Waals surface area contributed by atoms with E-state index in [2.05, 4.69) is 13.1 Å². The number of carbonyl (C=O) groups excluding carboxylic acids is 1. The molecule has 2 aromatic carbocycles. The lowest BCUT2D eigenvalue weighted by molar-refractivity contribution is -0.908. The normalized spacial score (nSPS) is 12.4. The first kappa shape index (κ1) is 19.5. The molecule has 1 atom stereocenters. The Morgan fingerprint density at radius 3 is 2.52 bits per heavy atom. The number of nitrogens with one attached hydrogen (secondary N) is 1. The summed E-state index contributed by atoms with van der Waals surface area (Å²) in [4.78, 5) is 23.5. The van der Waals surface area contributed by atoms with Crippen LogP contribution in [0.15, 0.2) is 48.5 Å². The number of carbonyl (C=O) groups is 1. The van der Waals surface area contributed by atoms with Crippen LogP contribution in [0.25, 0.3) is 21.1 Å². The second-order valence-electron chi connectivity index (χ2n) is 7.18. The number of para-hydroxylation sites is 2. The summed E-state index contributed by atoms with van der Waals surface area (Å²) < 4.78 is 6.54. The van der Waals surface area contributed by atoms with E-state index >= 15 is 0 Å². The highest BCUT2D eigenvalue weighted by molar-refractivity contribution is 7.18. The van der Waals surface area contributed by atoms with Gasteiger partial charge in [-0.3, -0.25) is 0 Å². The van der Waals surface area contributed by atoms with Gasteiger partial charge in [0.05, 0.1) is 35.0 Å². The zero-order valence-electron chi connectivity index (χ0n) is 16.9. The summed E-state index contributed by atoms with van der Waals surface area (Å²) in [7, 11) is 2.10. The first-order chi connectivity index (χ1) is 14.1. The third-order valence-electron chi connectivity index (χ3n) is 4.97. The first-order valence-electron chi connectivity index (χ1n) is 9.78. The Kier molecular flexibility index (Phi) is 5.56. The molecule has 1 unspecified atom stereocenters. The molecule has 1 N–H and O–H groups in total. The van der Waals surface area contributed by atoms with Crippen LogP contribution < -0.4 is 4.90 Å². The van der Waals surface area contributed by atoms with Crippen molar-refractivity contribution in [3.8, 4) is 0 Å². The fraction of sp³-hybridized carbons (Fsp3) is 0.261. The highest BCUT2D eigenvalue weighted by Crippen LogP contribution is 2.24. The van der Waals surface area contributed by atoms with Gasteiger partial charge in [0.25, 0.3) is 0 Å². The number of fused-ring (bicyclic) bond motifs is 2. The fourth-order valence-electron chi connectivity index (χ4n) is 3.64. The summed E-state index contributed by atoms with van der Waals surface area (Å²) in [5.41, 5.74) is 4.23. The van der Waals surface area contributed by atoms with Crippen molar-refractivity contribution in [3.05, 3.63) is 70.4 Å². The Morgan fingerprint density at radius 1 is 1.03 bits per heavy atom. The van der Waals surface area contributed by atoms with Crippen molar-refractivity contribution in [2.45, 2.75) is 26.9 Å². The number of hydrogen-bond donors (Lipinski definition) is 1. The SMILES string of the molecule is CCOC(=O)c1c(C[NH+](C)Cc2nc3ccccc3s2)nc2ccccc2c1C. The van der Waals surface area contributed by atoms with Gasteiger partial charge in [-0.05, 0) is 37.6 Å². The van der Waals surface area contributed by atoms with Gasteiger partial charge in [-0.25, -0.2) is 14.8 Å². The second-order valence-corrected chi connectivity index (χ2v) is 8.30. The van der Waals surface area contributed by atoms with Crippen molar-refractivity contribution in [3.63, 3.8) is 0 Å². The van der Waals surface area contributed by atoms with E-state index < -0.39 is 0 Å². The Bertz CT molecular complexity index is 1150. The maximum absolute atomic E-state index is 12.7. The van der Waals surface area contributed by atoms with Gasteiger partial charge in [0.1, 0.15) is 23.8 Å². The number of aryl methyl sites for hydroxylation is 1. The van der Waals surface area contributed by atoms with Gasteiger partial charge in [0, 0.05) is 5.39 Å². The zero-order valence-corrected chi connectivity index (χ0v) is 17.7. The molecule has 5 nitrogen and oxygen atoms in total. The lowest BCUT2D eigenvalue weighted by Crippen LogP contribution is -3.06. The maximum atomic E-state index is 12.7. The molecule has 4 aromatic rings. The highest BCUT2D eigenvalue weighted by Gasteiger charge is 2.22.